The van der Waals surface area contributed by atoms with Crippen LogP contribution in [0.25, 0.3) is 0 Å². The monoisotopic (exact) mass is 212 g/mol. The first-order valence-corrected chi connectivity index (χ1v) is 5.28. The van der Waals surface area contributed by atoms with Gasteiger partial charge in [0.15, 0.2) is 0 Å². The van der Waals surface area contributed by atoms with Crippen molar-refractivity contribution in [3.8, 4) is 0 Å². The molecule has 0 spiro atoms. The van der Waals surface area contributed by atoms with Gasteiger partial charge in [0.2, 0.25) is 5.91 Å². The molecule has 0 aromatic rings. The van der Waals surface area contributed by atoms with E-state index in [1.54, 1.807) is 0 Å². The Morgan fingerprint density at radius 2 is 2.13 bits per heavy atom. The van der Waals surface area contributed by atoms with E-state index in [-0.39, 0.29) is 18.0 Å². The van der Waals surface area contributed by atoms with Crippen LogP contribution < -0.4 is 16.0 Å². The normalized spacial score (nSPS) is 26.0. The Morgan fingerprint density at radius 1 is 1.40 bits per heavy atom. The Labute approximate surface area is 88.4 Å². The van der Waals surface area contributed by atoms with Crippen LogP contribution in [0, 0.1) is 0 Å². The zero-order chi connectivity index (χ0) is 10.7. The molecule has 1 unspecified atom stereocenters. The van der Waals surface area contributed by atoms with Crippen LogP contribution in [0.15, 0.2) is 0 Å². The van der Waals surface area contributed by atoms with Crippen LogP contribution in [0.4, 0.5) is 4.79 Å². The minimum atomic E-state index is -0.173. The van der Waals surface area contributed by atoms with Crippen molar-refractivity contribution in [1.29, 1.82) is 0 Å². The first kappa shape index (κ1) is 10.2. The molecule has 6 heteroatoms. The standard InChI is InChI=1S/C9H16N4O2/c14-8(13-3-1-10-2-4-13)5-7-6-11-9(15)12-7/h7,10H,1-6H2,(H2,11,12,15). The van der Waals surface area contributed by atoms with Gasteiger partial charge >= 0.3 is 6.03 Å². The minimum Gasteiger partial charge on any atom is -0.340 e. The molecular formula is C9H16N4O2. The molecular weight excluding hydrogens is 196 g/mol. The molecule has 3 amide bonds. The Morgan fingerprint density at radius 3 is 2.73 bits per heavy atom. The zero-order valence-electron chi connectivity index (χ0n) is 8.58. The number of hydrogen-bond donors (Lipinski definition) is 3. The highest BCUT2D eigenvalue weighted by atomic mass is 16.2. The summed E-state index contributed by atoms with van der Waals surface area (Å²) in [6.07, 6.45) is 0.402. The van der Waals surface area contributed by atoms with E-state index in [4.69, 9.17) is 0 Å². The summed E-state index contributed by atoms with van der Waals surface area (Å²) in [6, 6.07) is -0.215. The van der Waals surface area contributed by atoms with E-state index < -0.39 is 0 Å². The van der Waals surface area contributed by atoms with Gasteiger partial charge in [-0.25, -0.2) is 4.79 Å². The third kappa shape index (κ3) is 2.59. The van der Waals surface area contributed by atoms with Gasteiger partial charge in [0, 0.05) is 39.1 Å². The van der Waals surface area contributed by atoms with Crippen molar-refractivity contribution in [3.05, 3.63) is 0 Å². The molecule has 0 bridgehead atoms. The summed E-state index contributed by atoms with van der Waals surface area (Å²) in [5, 5.41) is 8.55. The van der Waals surface area contributed by atoms with Crippen LogP contribution in [0.1, 0.15) is 6.42 Å². The van der Waals surface area contributed by atoms with E-state index in [1.165, 1.54) is 0 Å². The maximum atomic E-state index is 11.8. The number of nitrogens with one attached hydrogen (secondary N) is 3. The lowest BCUT2D eigenvalue weighted by atomic mass is 10.2. The number of carbonyl (C=O) groups excluding carboxylic acids is 2. The fraction of sp³-hybridized carbons (Fsp3) is 0.778. The Hall–Kier alpha value is -1.30. The van der Waals surface area contributed by atoms with Crippen molar-refractivity contribution < 1.29 is 9.59 Å². The van der Waals surface area contributed by atoms with Crippen LogP contribution in [0.2, 0.25) is 0 Å². The van der Waals surface area contributed by atoms with Gasteiger partial charge in [-0.05, 0) is 0 Å². The third-order valence-electron chi connectivity index (χ3n) is 2.73. The Kier molecular flexibility index (Phi) is 3.05. The third-order valence-corrected chi connectivity index (χ3v) is 2.73. The molecule has 15 heavy (non-hydrogen) atoms. The lowest BCUT2D eigenvalue weighted by Crippen LogP contribution is -2.47. The molecule has 3 N–H and O–H groups in total. The van der Waals surface area contributed by atoms with E-state index in [2.05, 4.69) is 16.0 Å². The second-order valence-electron chi connectivity index (χ2n) is 3.89. The summed E-state index contributed by atoms with van der Waals surface area (Å²) in [5.74, 6) is 0.130. The molecule has 1 atom stereocenters. The fourth-order valence-corrected chi connectivity index (χ4v) is 1.88. The summed E-state index contributed by atoms with van der Waals surface area (Å²) in [7, 11) is 0. The maximum Gasteiger partial charge on any atom is 0.315 e. The van der Waals surface area contributed by atoms with Crippen molar-refractivity contribution in [2.24, 2.45) is 0 Å². The van der Waals surface area contributed by atoms with Gasteiger partial charge in [0.1, 0.15) is 0 Å². The summed E-state index contributed by atoms with van der Waals surface area (Å²) in [6.45, 7) is 3.82. The molecule has 2 fully saturated rings. The Bertz CT molecular complexity index is 263. The van der Waals surface area contributed by atoms with Gasteiger partial charge in [0.25, 0.3) is 0 Å². The molecule has 84 valence electrons. The maximum absolute atomic E-state index is 11.8. The topological polar surface area (TPSA) is 73.5 Å². The van der Waals surface area contributed by atoms with E-state index in [0.29, 0.717) is 13.0 Å². The van der Waals surface area contributed by atoms with Gasteiger partial charge in [-0.3, -0.25) is 4.79 Å². The van der Waals surface area contributed by atoms with Crippen molar-refractivity contribution in [2.75, 3.05) is 32.7 Å². The zero-order valence-corrected chi connectivity index (χ0v) is 8.58. The number of piperazine rings is 1. The van der Waals surface area contributed by atoms with E-state index in [9.17, 15) is 9.59 Å². The number of hydrogen-bond acceptors (Lipinski definition) is 3. The predicted octanol–water partition coefficient (Wildman–Crippen LogP) is -1.51. The second kappa shape index (κ2) is 4.48. The smallest absolute Gasteiger partial charge is 0.315 e. The molecule has 6 nitrogen and oxygen atoms in total. The molecule has 0 saturated carbocycles. The van der Waals surface area contributed by atoms with Crippen molar-refractivity contribution in [2.45, 2.75) is 12.5 Å². The van der Waals surface area contributed by atoms with Gasteiger partial charge < -0.3 is 20.9 Å². The summed E-state index contributed by atoms with van der Waals surface area (Å²) in [5.41, 5.74) is 0. The summed E-state index contributed by atoms with van der Waals surface area (Å²) in [4.78, 5) is 24.5. The average Bonchev–Trinajstić information content (AvgIpc) is 2.65. The molecule has 2 aliphatic heterocycles. The van der Waals surface area contributed by atoms with Crippen LogP contribution in [-0.2, 0) is 4.79 Å². The van der Waals surface area contributed by atoms with Gasteiger partial charge in [0.05, 0.1) is 6.04 Å². The van der Waals surface area contributed by atoms with E-state index in [1.807, 2.05) is 4.90 Å². The van der Waals surface area contributed by atoms with E-state index in [0.717, 1.165) is 26.2 Å². The molecule has 0 radical (unpaired) electrons. The number of urea groups is 1. The molecule has 2 heterocycles. The number of amides is 3. The van der Waals surface area contributed by atoms with Gasteiger partial charge in [-0.2, -0.15) is 0 Å². The van der Waals surface area contributed by atoms with Crippen molar-refractivity contribution in [3.63, 3.8) is 0 Å². The minimum absolute atomic E-state index is 0.0418. The van der Waals surface area contributed by atoms with Crippen LogP contribution in [0.3, 0.4) is 0 Å². The average molecular weight is 212 g/mol. The molecule has 2 rings (SSSR count). The highest BCUT2D eigenvalue weighted by molar-refractivity contribution is 5.81. The SMILES string of the molecule is O=C1NCC(CC(=O)N2CCNCC2)N1. The van der Waals surface area contributed by atoms with Crippen LogP contribution in [0.5, 0.6) is 0 Å². The fourth-order valence-electron chi connectivity index (χ4n) is 1.88. The lowest BCUT2D eigenvalue weighted by Gasteiger charge is -2.28. The molecule has 0 aromatic heterocycles. The van der Waals surface area contributed by atoms with Gasteiger partial charge in [-0.15, -0.1) is 0 Å². The molecule has 2 saturated heterocycles. The summed E-state index contributed by atoms with van der Waals surface area (Å²) < 4.78 is 0. The number of nitrogens with zero attached hydrogens (tertiary/aromatic N) is 1. The first-order valence-electron chi connectivity index (χ1n) is 5.28. The second-order valence-corrected chi connectivity index (χ2v) is 3.89. The van der Waals surface area contributed by atoms with Crippen LogP contribution >= 0.6 is 0 Å². The summed E-state index contributed by atoms with van der Waals surface area (Å²) >= 11 is 0. The van der Waals surface area contributed by atoms with E-state index >= 15 is 0 Å². The molecule has 0 aromatic carbocycles. The lowest BCUT2D eigenvalue weighted by molar-refractivity contribution is -0.132. The predicted molar refractivity (Wildman–Crippen MR) is 54.4 cm³/mol. The first-order chi connectivity index (χ1) is 7.25. The quantitative estimate of drug-likeness (QED) is 0.521. The Balaban J connectivity index is 1.78. The molecule has 2 aliphatic rings. The van der Waals surface area contributed by atoms with Crippen molar-refractivity contribution in [1.82, 2.24) is 20.9 Å². The highest BCUT2D eigenvalue weighted by Gasteiger charge is 2.25. The number of carbonyl (C=O) groups is 2. The highest BCUT2D eigenvalue weighted by Crippen LogP contribution is 2.02. The molecule has 0 aliphatic carbocycles. The van der Waals surface area contributed by atoms with Crippen LogP contribution in [-0.4, -0.2) is 55.6 Å². The largest absolute Gasteiger partial charge is 0.340 e. The van der Waals surface area contributed by atoms with Gasteiger partial charge in [-0.1, -0.05) is 0 Å². The van der Waals surface area contributed by atoms with Crippen molar-refractivity contribution >= 4 is 11.9 Å². The number of rotatable bonds is 2.